The number of benzene rings is 2. The molecule has 0 aliphatic heterocycles. The number of hydrogen-bond donors (Lipinski definition) is 1. The van der Waals surface area contributed by atoms with E-state index in [1.807, 2.05) is 60.0 Å². The number of carbonyl (C=O) groups excluding carboxylic acids is 1. The number of thioether (sulfide) groups is 1. The number of aromatic nitrogens is 3. The van der Waals surface area contributed by atoms with Crippen LogP contribution in [0.15, 0.2) is 66.3 Å². The van der Waals surface area contributed by atoms with E-state index in [-0.39, 0.29) is 11.7 Å². The summed E-state index contributed by atoms with van der Waals surface area (Å²) in [6.07, 6.45) is 1.80. The molecule has 1 N–H and O–H groups in total. The van der Waals surface area contributed by atoms with Gasteiger partial charge in [-0.25, -0.2) is 0 Å². The van der Waals surface area contributed by atoms with Gasteiger partial charge in [-0.05, 0) is 49.2 Å². The summed E-state index contributed by atoms with van der Waals surface area (Å²) in [6.45, 7) is 11.3. The van der Waals surface area contributed by atoms with Gasteiger partial charge in [-0.2, -0.15) is 0 Å². The molecule has 0 radical (unpaired) electrons. The zero-order valence-electron chi connectivity index (χ0n) is 18.2. The lowest BCUT2D eigenvalue weighted by atomic mass is 10.2. The molecule has 0 fully saturated rings. The number of allylic oxidation sites excluding steroid dienone is 1. The van der Waals surface area contributed by atoms with Crippen LogP contribution in [-0.2, 0) is 11.3 Å². The number of anilines is 1. The lowest BCUT2D eigenvalue weighted by molar-refractivity contribution is -0.113. The van der Waals surface area contributed by atoms with Crippen molar-refractivity contribution in [2.45, 2.75) is 32.5 Å². The standard InChI is InChI=1S/C24H28N4O2S/c1-5-14-28-23(19-8-12-21(13-9-19)30-15-17(2)3)26-27-24(28)31-16-22(29)25-20-10-6-18(4)7-11-20/h5-13,17H,1,14-16H2,2-4H3,(H,25,29). The van der Waals surface area contributed by atoms with Gasteiger partial charge in [0.05, 0.1) is 12.4 Å². The second-order valence-electron chi connectivity index (χ2n) is 7.64. The summed E-state index contributed by atoms with van der Waals surface area (Å²) in [5.41, 5.74) is 2.86. The fourth-order valence-electron chi connectivity index (χ4n) is 2.83. The van der Waals surface area contributed by atoms with E-state index < -0.39 is 0 Å². The molecule has 1 heterocycles. The minimum absolute atomic E-state index is 0.0878. The monoisotopic (exact) mass is 436 g/mol. The first-order valence-electron chi connectivity index (χ1n) is 10.2. The van der Waals surface area contributed by atoms with Crippen molar-refractivity contribution in [3.05, 3.63) is 66.7 Å². The summed E-state index contributed by atoms with van der Waals surface area (Å²) in [6, 6.07) is 15.5. The minimum Gasteiger partial charge on any atom is -0.493 e. The van der Waals surface area contributed by atoms with Gasteiger partial charge in [-0.3, -0.25) is 9.36 Å². The van der Waals surface area contributed by atoms with Crippen LogP contribution in [0.2, 0.25) is 0 Å². The average Bonchev–Trinajstić information content (AvgIpc) is 3.15. The molecule has 0 saturated heterocycles. The largest absolute Gasteiger partial charge is 0.493 e. The maximum Gasteiger partial charge on any atom is 0.234 e. The Balaban J connectivity index is 1.67. The van der Waals surface area contributed by atoms with E-state index >= 15 is 0 Å². The lowest BCUT2D eigenvalue weighted by Crippen LogP contribution is -2.14. The first-order valence-corrected chi connectivity index (χ1v) is 11.2. The van der Waals surface area contributed by atoms with Crippen LogP contribution in [0, 0.1) is 12.8 Å². The van der Waals surface area contributed by atoms with Crippen LogP contribution in [0.4, 0.5) is 5.69 Å². The molecule has 1 amide bonds. The minimum atomic E-state index is -0.0878. The van der Waals surface area contributed by atoms with E-state index in [0.717, 1.165) is 28.4 Å². The summed E-state index contributed by atoms with van der Waals surface area (Å²) in [4.78, 5) is 12.3. The second-order valence-corrected chi connectivity index (χ2v) is 8.58. The molecule has 6 nitrogen and oxygen atoms in total. The van der Waals surface area contributed by atoms with Crippen LogP contribution in [0.3, 0.4) is 0 Å². The molecule has 0 bridgehead atoms. The van der Waals surface area contributed by atoms with Crippen molar-refractivity contribution in [1.82, 2.24) is 14.8 Å². The van der Waals surface area contributed by atoms with E-state index in [2.05, 4.69) is 35.9 Å². The summed E-state index contributed by atoms with van der Waals surface area (Å²) in [5, 5.41) is 12.2. The number of hydrogen-bond acceptors (Lipinski definition) is 5. The quantitative estimate of drug-likeness (QED) is 0.349. The van der Waals surface area contributed by atoms with E-state index in [0.29, 0.717) is 24.2 Å². The molecule has 1 aromatic heterocycles. The molecule has 0 atom stereocenters. The van der Waals surface area contributed by atoms with Gasteiger partial charge in [0.15, 0.2) is 11.0 Å². The SMILES string of the molecule is C=CCn1c(SCC(=O)Nc2ccc(C)cc2)nnc1-c1ccc(OCC(C)C)cc1. The molecule has 0 spiro atoms. The third-order valence-electron chi connectivity index (χ3n) is 4.39. The highest BCUT2D eigenvalue weighted by atomic mass is 32.2. The zero-order valence-corrected chi connectivity index (χ0v) is 19.0. The fourth-order valence-corrected chi connectivity index (χ4v) is 3.58. The number of nitrogens with one attached hydrogen (secondary N) is 1. The molecule has 3 rings (SSSR count). The normalized spacial score (nSPS) is 10.8. The zero-order chi connectivity index (χ0) is 22.2. The Kier molecular flexibility index (Phi) is 7.89. The van der Waals surface area contributed by atoms with Crippen molar-refractivity contribution in [2.75, 3.05) is 17.7 Å². The predicted molar refractivity (Wildman–Crippen MR) is 127 cm³/mol. The topological polar surface area (TPSA) is 69.0 Å². The molecular formula is C24H28N4O2S. The Morgan fingerprint density at radius 1 is 1.16 bits per heavy atom. The van der Waals surface area contributed by atoms with Crippen molar-refractivity contribution >= 4 is 23.4 Å². The fraction of sp³-hybridized carbons (Fsp3) is 0.292. The molecule has 3 aromatic rings. The van der Waals surface area contributed by atoms with Crippen LogP contribution in [0.5, 0.6) is 5.75 Å². The smallest absolute Gasteiger partial charge is 0.234 e. The van der Waals surface area contributed by atoms with Gasteiger partial charge in [0.25, 0.3) is 0 Å². The van der Waals surface area contributed by atoms with E-state index in [9.17, 15) is 4.79 Å². The first-order chi connectivity index (χ1) is 15.0. The van der Waals surface area contributed by atoms with Gasteiger partial charge in [0.1, 0.15) is 5.75 Å². The highest BCUT2D eigenvalue weighted by Crippen LogP contribution is 2.26. The Morgan fingerprint density at radius 2 is 1.87 bits per heavy atom. The van der Waals surface area contributed by atoms with Crippen LogP contribution >= 0.6 is 11.8 Å². The van der Waals surface area contributed by atoms with Gasteiger partial charge in [0.2, 0.25) is 5.91 Å². The van der Waals surface area contributed by atoms with Gasteiger partial charge in [-0.1, -0.05) is 49.4 Å². The Morgan fingerprint density at radius 3 is 2.52 bits per heavy atom. The summed E-state index contributed by atoms with van der Waals surface area (Å²) >= 11 is 1.35. The van der Waals surface area contributed by atoms with Gasteiger partial charge < -0.3 is 10.1 Å². The molecule has 7 heteroatoms. The maximum atomic E-state index is 12.3. The summed E-state index contributed by atoms with van der Waals surface area (Å²) in [7, 11) is 0. The summed E-state index contributed by atoms with van der Waals surface area (Å²) in [5.74, 6) is 2.19. The molecule has 31 heavy (non-hydrogen) atoms. The molecule has 0 aliphatic carbocycles. The lowest BCUT2D eigenvalue weighted by Gasteiger charge is -2.10. The number of ether oxygens (including phenoxy) is 1. The molecule has 2 aromatic carbocycles. The van der Waals surface area contributed by atoms with Gasteiger partial charge >= 0.3 is 0 Å². The van der Waals surface area contributed by atoms with Crippen molar-refractivity contribution in [1.29, 1.82) is 0 Å². The third-order valence-corrected chi connectivity index (χ3v) is 5.36. The number of amides is 1. The molecule has 0 aliphatic rings. The Bertz CT molecular complexity index is 1010. The van der Waals surface area contributed by atoms with Crippen molar-refractivity contribution in [2.24, 2.45) is 5.92 Å². The van der Waals surface area contributed by atoms with E-state index in [1.165, 1.54) is 11.8 Å². The molecule has 0 saturated carbocycles. The highest BCUT2D eigenvalue weighted by Gasteiger charge is 2.15. The number of carbonyl (C=O) groups is 1. The molecule has 162 valence electrons. The number of rotatable bonds is 10. The van der Waals surface area contributed by atoms with E-state index in [4.69, 9.17) is 4.74 Å². The average molecular weight is 437 g/mol. The number of nitrogens with zero attached hydrogens (tertiary/aromatic N) is 3. The second kappa shape index (κ2) is 10.8. The van der Waals surface area contributed by atoms with Crippen molar-refractivity contribution < 1.29 is 9.53 Å². The van der Waals surface area contributed by atoms with E-state index in [1.54, 1.807) is 6.08 Å². The first kappa shape index (κ1) is 22.6. The van der Waals surface area contributed by atoms with Crippen molar-refractivity contribution in [3.63, 3.8) is 0 Å². The molecule has 0 unspecified atom stereocenters. The van der Waals surface area contributed by atoms with Gasteiger partial charge in [0, 0.05) is 17.8 Å². The maximum absolute atomic E-state index is 12.3. The highest BCUT2D eigenvalue weighted by molar-refractivity contribution is 7.99. The Hall–Kier alpha value is -3.06. The van der Waals surface area contributed by atoms with Crippen LogP contribution in [0.25, 0.3) is 11.4 Å². The van der Waals surface area contributed by atoms with Gasteiger partial charge in [-0.15, -0.1) is 16.8 Å². The number of aryl methyl sites for hydroxylation is 1. The van der Waals surface area contributed by atoms with Crippen LogP contribution < -0.4 is 10.1 Å². The Labute approximate surface area is 187 Å². The predicted octanol–water partition coefficient (Wildman–Crippen LogP) is 5.21. The van der Waals surface area contributed by atoms with Crippen LogP contribution in [-0.4, -0.2) is 33.0 Å². The summed E-state index contributed by atoms with van der Waals surface area (Å²) < 4.78 is 7.71. The van der Waals surface area contributed by atoms with Crippen LogP contribution in [0.1, 0.15) is 19.4 Å². The molecular weight excluding hydrogens is 408 g/mol. The third kappa shape index (κ3) is 6.46. The van der Waals surface area contributed by atoms with Crippen molar-refractivity contribution in [3.8, 4) is 17.1 Å².